The number of nitrogens with zero attached hydrogens (tertiary/aromatic N) is 8. The summed E-state index contributed by atoms with van der Waals surface area (Å²) in [6, 6.07) is 12.6. The molecule has 47 heavy (non-hydrogen) atoms. The largest absolute Gasteiger partial charge is 0.494 e. The van der Waals surface area contributed by atoms with E-state index in [9.17, 15) is 4.79 Å². The van der Waals surface area contributed by atoms with Crippen LogP contribution >= 0.6 is 0 Å². The predicted octanol–water partition coefficient (Wildman–Crippen LogP) is 4.97. The molecule has 3 atom stereocenters. The van der Waals surface area contributed by atoms with Gasteiger partial charge in [0.05, 0.1) is 18.3 Å². The molecule has 2 aliphatic carbocycles. The van der Waals surface area contributed by atoms with Crippen LogP contribution in [0.15, 0.2) is 48.8 Å². The number of carbonyl (C=O) groups is 1. The lowest BCUT2D eigenvalue weighted by molar-refractivity contribution is 0.0700. The van der Waals surface area contributed by atoms with Crippen LogP contribution in [0, 0.1) is 18.8 Å². The number of aryl methyl sites for hydroxylation is 1. The van der Waals surface area contributed by atoms with Gasteiger partial charge < -0.3 is 29.4 Å². The second-order valence-corrected chi connectivity index (χ2v) is 14.0. The van der Waals surface area contributed by atoms with Gasteiger partial charge in [-0.25, -0.2) is 19.9 Å². The van der Waals surface area contributed by atoms with Gasteiger partial charge in [0.25, 0.3) is 5.91 Å². The lowest BCUT2D eigenvalue weighted by Crippen LogP contribution is -2.41. The van der Waals surface area contributed by atoms with Gasteiger partial charge >= 0.3 is 0 Å². The van der Waals surface area contributed by atoms with Crippen LogP contribution in [-0.2, 0) is 6.54 Å². The lowest BCUT2D eigenvalue weighted by Gasteiger charge is -2.34. The number of imidazole rings is 1. The maximum absolute atomic E-state index is 14.0. The summed E-state index contributed by atoms with van der Waals surface area (Å²) in [6.07, 6.45) is 10.1. The first-order valence-corrected chi connectivity index (χ1v) is 17.1. The van der Waals surface area contributed by atoms with Crippen LogP contribution in [0.3, 0.4) is 0 Å². The number of anilines is 1. The molecule has 6 heterocycles. The van der Waals surface area contributed by atoms with E-state index in [2.05, 4.69) is 31.2 Å². The second-order valence-electron chi connectivity index (χ2n) is 14.0. The Bertz CT molecular complexity index is 2000. The third kappa shape index (κ3) is 4.77. The van der Waals surface area contributed by atoms with Crippen molar-refractivity contribution in [1.29, 1.82) is 0 Å². The van der Waals surface area contributed by atoms with Gasteiger partial charge in [0.2, 0.25) is 0 Å². The Morgan fingerprint density at radius 3 is 2.57 bits per heavy atom. The Hall–Kier alpha value is -4.51. The Balaban J connectivity index is 1.17. The highest BCUT2D eigenvalue weighted by Crippen LogP contribution is 2.42. The summed E-state index contributed by atoms with van der Waals surface area (Å²) >= 11 is 0. The highest BCUT2D eigenvalue weighted by Gasteiger charge is 2.47. The number of methoxy groups -OCH3 is 1. The standard InChI is InChI=1S/C36H41N9O2/c1-21-38-13-9-31(40-21)42-14-10-26(11-15-42)45-33-27(16-25(18-30(33)47-2)36(46)44-20-24-7-8-28(44)32(24)37)41-35(45)29-17-23-4-3-12-39-34(23)43(29)19-22-5-6-22/h3-4,9,12-13,16-18,22,24,26,28,32H,5-8,10-11,14-15,19-20,37H2,1-2H3/t24?,28?,32-/m1/s1. The zero-order valence-electron chi connectivity index (χ0n) is 27.0. The van der Waals surface area contributed by atoms with Crippen molar-refractivity contribution in [2.45, 2.75) is 70.1 Å². The topological polar surface area (TPSA) is 120 Å². The van der Waals surface area contributed by atoms with Crippen molar-refractivity contribution in [2.75, 3.05) is 31.6 Å². The summed E-state index contributed by atoms with van der Waals surface area (Å²) in [5.41, 5.74) is 10.9. The summed E-state index contributed by atoms with van der Waals surface area (Å²) in [5, 5.41) is 1.11. The van der Waals surface area contributed by atoms with Crippen LogP contribution in [0.5, 0.6) is 5.75 Å². The molecule has 242 valence electrons. The molecular weight excluding hydrogens is 590 g/mol. The third-order valence-corrected chi connectivity index (χ3v) is 11.1. The van der Waals surface area contributed by atoms with Crippen molar-refractivity contribution in [2.24, 2.45) is 17.6 Å². The molecule has 11 heteroatoms. The molecule has 1 aromatic carbocycles. The Morgan fingerprint density at radius 1 is 1.00 bits per heavy atom. The van der Waals surface area contributed by atoms with E-state index in [0.29, 0.717) is 23.1 Å². The second kappa shape index (κ2) is 11.0. The summed E-state index contributed by atoms with van der Waals surface area (Å²) in [6.45, 7) is 5.31. The van der Waals surface area contributed by atoms with E-state index in [4.69, 9.17) is 25.4 Å². The number of aromatic nitrogens is 6. The van der Waals surface area contributed by atoms with Crippen molar-refractivity contribution in [3.8, 4) is 17.3 Å². The van der Waals surface area contributed by atoms with Crippen LogP contribution in [0.4, 0.5) is 5.82 Å². The van der Waals surface area contributed by atoms with E-state index in [1.807, 2.05) is 48.5 Å². The van der Waals surface area contributed by atoms with Crippen LogP contribution in [0.2, 0.25) is 0 Å². The lowest BCUT2D eigenvalue weighted by atomic mass is 10.0. The van der Waals surface area contributed by atoms with Crippen LogP contribution in [0.25, 0.3) is 33.6 Å². The Morgan fingerprint density at radius 2 is 1.85 bits per heavy atom. The fraction of sp³-hybridized carbons (Fsp3) is 0.472. The highest BCUT2D eigenvalue weighted by atomic mass is 16.5. The van der Waals surface area contributed by atoms with Crippen LogP contribution in [0.1, 0.15) is 60.7 Å². The summed E-state index contributed by atoms with van der Waals surface area (Å²) < 4.78 is 10.9. The number of rotatable bonds is 7. The smallest absolute Gasteiger partial charge is 0.254 e. The van der Waals surface area contributed by atoms with Gasteiger partial charge in [0.15, 0.2) is 5.82 Å². The zero-order valence-corrected chi connectivity index (χ0v) is 27.0. The van der Waals surface area contributed by atoms with Crippen molar-refractivity contribution >= 4 is 33.8 Å². The summed E-state index contributed by atoms with van der Waals surface area (Å²) in [5.74, 6) is 4.39. The summed E-state index contributed by atoms with van der Waals surface area (Å²) in [4.78, 5) is 37.5. The van der Waals surface area contributed by atoms with E-state index in [0.717, 1.165) is 97.1 Å². The molecule has 9 rings (SSSR count). The van der Waals surface area contributed by atoms with Gasteiger partial charge in [0.1, 0.15) is 28.6 Å². The first-order chi connectivity index (χ1) is 23.0. The van der Waals surface area contributed by atoms with E-state index >= 15 is 0 Å². The number of nitrogens with two attached hydrogens (primary N) is 1. The number of piperidine rings is 2. The van der Waals surface area contributed by atoms with Gasteiger partial charge in [0, 0.05) is 67.6 Å². The molecule has 0 spiro atoms. The number of pyridine rings is 1. The quantitative estimate of drug-likeness (QED) is 0.267. The fourth-order valence-electron chi connectivity index (χ4n) is 8.45. The molecule has 0 radical (unpaired) electrons. The number of amides is 1. The monoisotopic (exact) mass is 631 g/mol. The summed E-state index contributed by atoms with van der Waals surface area (Å²) in [7, 11) is 1.70. The van der Waals surface area contributed by atoms with E-state index in [-0.39, 0.29) is 24.0 Å². The molecule has 2 bridgehead atoms. The number of hydrogen-bond acceptors (Lipinski definition) is 8. The van der Waals surface area contributed by atoms with Crippen molar-refractivity contribution in [1.82, 2.24) is 34.0 Å². The normalized spacial score (nSPS) is 23.0. The number of fused-ring (bicyclic) bond motifs is 4. The van der Waals surface area contributed by atoms with Crippen LogP contribution in [-0.4, -0.2) is 78.7 Å². The SMILES string of the molecule is COc1cc(C(=O)N2CC3CCC2[C@@H]3N)cc2nc(-c3cc4cccnc4n3CC3CC3)n(C3CCN(c4ccnc(C)n4)CC3)c12. The number of ether oxygens (including phenoxy) is 1. The number of likely N-dealkylation sites (tertiary alicyclic amines) is 1. The van der Waals surface area contributed by atoms with Gasteiger partial charge in [-0.05, 0) is 93.7 Å². The molecule has 4 aromatic heterocycles. The highest BCUT2D eigenvalue weighted by molar-refractivity contribution is 6.00. The third-order valence-electron chi connectivity index (χ3n) is 11.1. The maximum Gasteiger partial charge on any atom is 0.254 e. The minimum absolute atomic E-state index is 0.0180. The Kier molecular flexibility index (Phi) is 6.74. The van der Waals surface area contributed by atoms with Crippen molar-refractivity contribution < 1.29 is 9.53 Å². The van der Waals surface area contributed by atoms with Crippen LogP contribution < -0.4 is 15.4 Å². The van der Waals surface area contributed by atoms with Gasteiger partial charge in [-0.3, -0.25) is 4.79 Å². The van der Waals surface area contributed by atoms with Gasteiger partial charge in [-0.15, -0.1) is 0 Å². The Labute approximate surface area is 273 Å². The zero-order chi connectivity index (χ0) is 31.8. The minimum atomic E-state index is 0.0180. The van der Waals surface area contributed by atoms with E-state index in [1.165, 1.54) is 12.8 Å². The molecule has 11 nitrogen and oxygen atoms in total. The molecular formula is C36H41N9O2. The minimum Gasteiger partial charge on any atom is -0.494 e. The number of carbonyl (C=O) groups excluding carboxylic acids is 1. The molecule has 2 saturated carbocycles. The molecule has 2 aliphatic heterocycles. The molecule has 4 fully saturated rings. The average molecular weight is 632 g/mol. The van der Waals surface area contributed by atoms with E-state index < -0.39 is 0 Å². The van der Waals surface area contributed by atoms with Crippen molar-refractivity contribution in [3.05, 3.63) is 60.2 Å². The molecule has 1 amide bonds. The molecule has 2 unspecified atom stereocenters. The fourth-order valence-corrected chi connectivity index (χ4v) is 8.45. The van der Waals surface area contributed by atoms with Crippen molar-refractivity contribution in [3.63, 3.8) is 0 Å². The first-order valence-electron chi connectivity index (χ1n) is 17.1. The van der Waals surface area contributed by atoms with Gasteiger partial charge in [-0.1, -0.05) is 0 Å². The maximum atomic E-state index is 14.0. The molecule has 4 aliphatic rings. The van der Waals surface area contributed by atoms with Gasteiger partial charge in [-0.2, -0.15) is 0 Å². The molecule has 5 aromatic rings. The first kappa shape index (κ1) is 28.7. The average Bonchev–Trinajstić information content (AvgIpc) is 3.43. The van der Waals surface area contributed by atoms with E-state index in [1.54, 1.807) is 7.11 Å². The molecule has 2 saturated heterocycles. The molecule has 2 N–H and O–H groups in total. The number of hydrogen-bond donors (Lipinski definition) is 1. The number of benzene rings is 1. The predicted molar refractivity (Wildman–Crippen MR) is 181 cm³/mol.